The van der Waals surface area contributed by atoms with Crippen LogP contribution < -0.4 is 10.5 Å². The third kappa shape index (κ3) is 8.05. The van der Waals surface area contributed by atoms with Crippen LogP contribution in [0.15, 0.2) is 48.5 Å². The SMILES string of the molecule is CCCCc1nc2c(N)nc3ccccc3c2n1CCCN(CCCN1CCOCC1)Cc1cccc(OC(C)C(=O)O)c1. The van der Waals surface area contributed by atoms with Gasteiger partial charge in [0, 0.05) is 44.5 Å². The molecule has 1 unspecified atom stereocenters. The van der Waals surface area contributed by atoms with E-state index in [2.05, 4.69) is 38.4 Å². The maximum Gasteiger partial charge on any atom is 0.344 e. The molecule has 10 heteroatoms. The number of aliphatic carboxylic acids is 1. The van der Waals surface area contributed by atoms with E-state index < -0.39 is 12.1 Å². The number of nitrogen functional groups attached to an aromatic ring is 1. The Morgan fingerprint density at radius 1 is 1.07 bits per heavy atom. The molecule has 4 aromatic rings. The zero-order valence-electron chi connectivity index (χ0n) is 26.1. The molecule has 5 rings (SSSR count). The maximum absolute atomic E-state index is 11.3. The lowest BCUT2D eigenvalue weighted by Crippen LogP contribution is -2.38. The number of benzene rings is 2. The molecule has 236 valence electrons. The number of anilines is 1. The second-order valence-corrected chi connectivity index (χ2v) is 11.7. The largest absolute Gasteiger partial charge is 0.479 e. The molecular formula is C34H46N6O4. The Balaban J connectivity index is 1.33. The van der Waals surface area contributed by atoms with Crippen molar-refractivity contribution in [1.29, 1.82) is 0 Å². The molecule has 1 aliphatic heterocycles. The van der Waals surface area contributed by atoms with Crippen LogP contribution in [0.5, 0.6) is 5.75 Å². The van der Waals surface area contributed by atoms with Crippen molar-refractivity contribution < 1.29 is 19.4 Å². The van der Waals surface area contributed by atoms with Gasteiger partial charge in [-0.05, 0) is 63.0 Å². The lowest BCUT2D eigenvalue weighted by Gasteiger charge is -2.28. The molecule has 0 radical (unpaired) electrons. The predicted octanol–water partition coefficient (Wildman–Crippen LogP) is 4.98. The summed E-state index contributed by atoms with van der Waals surface area (Å²) in [6.07, 6.45) is 4.19. The van der Waals surface area contributed by atoms with Crippen LogP contribution in [0, 0.1) is 0 Å². The molecule has 2 aromatic carbocycles. The second-order valence-electron chi connectivity index (χ2n) is 11.7. The number of carboxylic acids is 1. The third-order valence-corrected chi connectivity index (χ3v) is 8.32. The molecule has 3 N–H and O–H groups in total. The monoisotopic (exact) mass is 602 g/mol. The van der Waals surface area contributed by atoms with E-state index in [9.17, 15) is 9.90 Å². The number of hydrogen-bond acceptors (Lipinski definition) is 8. The van der Waals surface area contributed by atoms with Crippen molar-refractivity contribution >= 4 is 33.7 Å². The standard InChI is InChI=1S/C34H46N6O4/c1-3-4-14-30-37-31-32(28-12-5-6-13-29(28)36-33(31)35)40(30)18-9-17-39(16-8-15-38-19-21-43-22-20-38)24-26-10-7-11-27(23-26)44-25(2)34(41)42/h5-7,10-13,23,25H,3-4,8-9,14-22,24H2,1-2H3,(H2,35,36)(H,41,42). The van der Waals surface area contributed by atoms with E-state index in [1.54, 1.807) is 6.92 Å². The number of aromatic nitrogens is 3. The number of aryl methyl sites for hydroxylation is 2. The highest BCUT2D eigenvalue weighted by Gasteiger charge is 2.18. The highest BCUT2D eigenvalue weighted by atomic mass is 16.5. The zero-order chi connectivity index (χ0) is 30.9. The molecule has 0 amide bonds. The Hall–Kier alpha value is -3.73. The minimum atomic E-state index is -0.976. The van der Waals surface area contributed by atoms with Crippen molar-refractivity contribution in [1.82, 2.24) is 24.3 Å². The molecule has 10 nitrogen and oxygen atoms in total. The normalized spacial score (nSPS) is 14.9. The van der Waals surface area contributed by atoms with Gasteiger partial charge in [-0.15, -0.1) is 0 Å². The number of ether oxygens (including phenoxy) is 2. The molecule has 0 saturated carbocycles. The zero-order valence-corrected chi connectivity index (χ0v) is 26.1. The number of nitrogens with two attached hydrogens (primary N) is 1. The molecule has 44 heavy (non-hydrogen) atoms. The molecular weight excluding hydrogens is 556 g/mol. The van der Waals surface area contributed by atoms with E-state index in [-0.39, 0.29) is 0 Å². The fraction of sp³-hybridized carbons (Fsp3) is 0.500. The number of carbonyl (C=O) groups is 1. The van der Waals surface area contributed by atoms with Gasteiger partial charge in [0.05, 0.1) is 24.2 Å². The van der Waals surface area contributed by atoms with Gasteiger partial charge in [-0.2, -0.15) is 0 Å². The van der Waals surface area contributed by atoms with Crippen molar-refractivity contribution in [2.24, 2.45) is 0 Å². The summed E-state index contributed by atoms with van der Waals surface area (Å²) in [5.41, 5.74) is 10.3. The predicted molar refractivity (Wildman–Crippen MR) is 174 cm³/mol. The first kappa shape index (κ1) is 31.7. The number of morpholine rings is 1. The summed E-state index contributed by atoms with van der Waals surface area (Å²) in [5, 5.41) is 10.4. The van der Waals surface area contributed by atoms with Gasteiger partial charge < -0.3 is 24.9 Å². The summed E-state index contributed by atoms with van der Waals surface area (Å²) in [6.45, 7) is 11.8. The Labute approximate surface area is 259 Å². The van der Waals surface area contributed by atoms with Crippen LogP contribution in [-0.4, -0.2) is 87.5 Å². The average Bonchev–Trinajstić information content (AvgIpc) is 3.39. The van der Waals surface area contributed by atoms with Gasteiger partial charge in [-0.1, -0.05) is 43.7 Å². The minimum Gasteiger partial charge on any atom is -0.479 e. The van der Waals surface area contributed by atoms with Crippen LogP contribution in [0.2, 0.25) is 0 Å². The molecule has 1 aliphatic rings. The lowest BCUT2D eigenvalue weighted by molar-refractivity contribution is -0.144. The summed E-state index contributed by atoms with van der Waals surface area (Å²) >= 11 is 0. The fourth-order valence-corrected chi connectivity index (χ4v) is 5.97. The molecule has 0 bridgehead atoms. The summed E-state index contributed by atoms with van der Waals surface area (Å²) in [5.74, 6) is 1.16. The summed E-state index contributed by atoms with van der Waals surface area (Å²) in [7, 11) is 0. The number of nitrogens with zero attached hydrogens (tertiary/aromatic N) is 5. The molecule has 1 fully saturated rings. The van der Waals surface area contributed by atoms with Crippen molar-refractivity contribution in [3.63, 3.8) is 0 Å². The van der Waals surface area contributed by atoms with E-state index in [1.165, 1.54) is 0 Å². The van der Waals surface area contributed by atoms with Crippen molar-refractivity contribution in [3.8, 4) is 5.75 Å². The lowest BCUT2D eigenvalue weighted by atomic mass is 10.1. The number of fused-ring (bicyclic) bond motifs is 3. The Kier molecular flexibility index (Phi) is 11.0. The number of imidazole rings is 1. The van der Waals surface area contributed by atoms with Crippen molar-refractivity contribution in [2.75, 3.05) is 51.7 Å². The van der Waals surface area contributed by atoms with Crippen LogP contribution >= 0.6 is 0 Å². The molecule has 3 heterocycles. The molecule has 2 aromatic heterocycles. The first-order valence-electron chi connectivity index (χ1n) is 16.0. The first-order chi connectivity index (χ1) is 21.4. The smallest absolute Gasteiger partial charge is 0.344 e. The summed E-state index contributed by atoms with van der Waals surface area (Å²) < 4.78 is 13.6. The van der Waals surface area contributed by atoms with Gasteiger partial charge in [0.15, 0.2) is 11.9 Å². The van der Waals surface area contributed by atoms with Gasteiger partial charge in [-0.3, -0.25) is 9.80 Å². The number of para-hydroxylation sites is 1. The van der Waals surface area contributed by atoms with Gasteiger partial charge in [0.2, 0.25) is 0 Å². The van der Waals surface area contributed by atoms with Gasteiger partial charge >= 0.3 is 5.97 Å². The Morgan fingerprint density at radius 2 is 1.84 bits per heavy atom. The number of unbranched alkanes of at least 4 members (excludes halogenated alkanes) is 1. The number of pyridine rings is 1. The highest BCUT2D eigenvalue weighted by molar-refractivity contribution is 6.06. The van der Waals surface area contributed by atoms with Crippen LogP contribution in [0.4, 0.5) is 5.82 Å². The van der Waals surface area contributed by atoms with Crippen LogP contribution in [0.1, 0.15) is 50.9 Å². The van der Waals surface area contributed by atoms with E-state index in [0.717, 1.165) is 124 Å². The van der Waals surface area contributed by atoms with Crippen molar-refractivity contribution in [3.05, 3.63) is 59.9 Å². The molecule has 0 aliphatic carbocycles. The highest BCUT2D eigenvalue weighted by Crippen LogP contribution is 2.29. The summed E-state index contributed by atoms with van der Waals surface area (Å²) in [6, 6.07) is 16.0. The summed E-state index contributed by atoms with van der Waals surface area (Å²) in [4.78, 5) is 25.9. The van der Waals surface area contributed by atoms with Crippen LogP contribution in [0.3, 0.4) is 0 Å². The molecule has 0 spiro atoms. The Bertz CT molecular complexity index is 1530. The minimum absolute atomic E-state index is 0.485. The van der Waals surface area contributed by atoms with E-state index in [0.29, 0.717) is 11.6 Å². The van der Waals surface area contributed by atoms with Crippen LogP contribution in [0.25, 0.3) is 21.9 Å². The topological polar surface area (TPSA) is 119 Å². The number of carboxylic acid groups (broad SMARTS) is 1. The van der Waals surface area contributed by atoms with E-state index in [1.807, 2.05) is 36.4 Å². The molecule has 1 saturated heterocycles. The first-order valence-corrected chi connectivity index (χ1v) is 16.0. The third-order valence-electron chi connectivity index (χ3n) is 8.32. The van der Waals surface area contributed by atoms with Gasteiger partial charge in [-0.25, -0.2) is 14.8 Å². The van der Waals surface area contributed by atoms with Gasteiger partial charge in [0.1, 0.15) is 17.1 Å². The fourth-order valence-electron chi connectivity index (χ4n) is 5.97. The van der Waals surface area contributed by atoms with E-state index in [4.69, 9.17) is 20.2 Å². The number of hydrogen-bond donors (Lipinski definition) is 2. The Morgan fingerprint density at radius 3 is 2.61 bits per heavy atom. The maximum atomic E-state index is 11.3. The molecule has 1 atom stereocenters. The van der Waals surface area contributed by atoms with E-state index >= 15 is 0 Å². The van der Waals surface area contributed by atoms with Crippen molar-refractivity contribution in [2.45, 2.75) is 65.1 Å². The second kappa shape index (κ2) is 15.3. The quantitative estimate of drug-likeness (QED) is 0.183. The average molecular weight is 603 g/mol. The van der Waals surface area contributed by atoms with Crippen LogP contribution in [-0.2, 0) is 29.0 Å². The number of rotatable bonds is 16. The van der Waals surface area contributed by atoms with Gasteiger partial charge in [0.25, 0.3) is 0 Å².